The number of amides is 2. The minimum Gasteiger partial charge on any atom is -0.496 e. The van der Waals surface area contributed by atoms with E-state index in [1.807, 2.05) is 0 Å². The summed E-state index contributed by atoms with van der Waals surface area (Å²) >= 11 is 5.91. The third kappa shape index (κ3) is 6.49. The maximum Gasteiger partial charge on any atom is 0.308 e. The van der Waals surface area contributed by atoms with Crippen molar-refractivity contribution in [2.45, 2.75) is 24.0 Å². The Labute approximate surface area is 235 Å². The van der Waals surface area contributed by atoms with Crippen LogP contribution in [0.2, 0.25) is 5.02 Å². The van der Waals surface area contributed by atoms with Gasteiger partial charge in [-0.3, -0.25) is 14.4 Å². The fourth-order valence-electron chi connectivity index (χ4n) is 4.01. The summed E-state index contributed by atoms with van der Waals surface area (Å²) in [5.74, 6) is -3.28. The third-order valence-electron chi connectivity index (χ3n) is 6.01. The first-order valence-corrected chi connectivity index (χ1v) is 13.8. The van der Waals surface area contributed by atoms with Crippen molar-refractivity contribution in [3.63, 3.8) is 0 Å². The molecule has 1 fully saturated rings. The van der Waals surface area contributed by atoms with Gasteiger partial charge in [0.25, 0.3) is 15.9 Å². The summed E-state index contributed by atoms with van der Waals surface area (Å²) in [5, 5.41) is 2.74. The quantitative estimate of drug-likeness (QED) is 0.316. The minimum atomic E-state index is -4.68. The van der Waals surface area contributed by atoms with E-state index in [1.165, 1.54) is 43.5 Å². The molecule has 1 aliphatic rings. The molecule has 1 aliphatic heterocycles. The lowest BCUT2D eigenvalue weighted by molar-refractivity contribution is -0.148. The van der Waals surface area contributed by atoms with E-state index in [2.05, 4.69) is 5.32 Å². The molecule has 208 valence electrons. The summed E-state index contributed by atoms with van der Waals surface area (Å²) in [6, 6.07) is 15.6. The van der Waals surface area contributed by atoms with E-state index >= 15 is 0 Å². The maximum atomic E-state index is 14.0. The van der Waals surface area contributed by atoms with E-state index in [4.69, 9.17) is 21.1 Å². The number of hydrogen-bond acceptors (Lipinski definition) is 7. The second-order valence-corrected chi connectivity index (χ2v) is 11.0. The van der Waals surface area contributed by atoms with E-state index in [1.54, 1.807) is 30.3 Å². The number of nitrogens with zero attached hydrogens (tertiary/aromatic N) is 1. The zero-order valence-electron chi connectivity index (χ0n) is 21.2. The van der Waals surface area contributed by atoms with Crippen molar-refractivity contribution in [3.05, 3.63) is 100 Å². The summed E-state index contributed by atoms with van der Waals surface area (Å²) in [6.45, 7) is -0.504. The van der Waals surface area contributed by atoms with Gasteiger partial charge in [-0.15, -0.1) is 0 Å². The molecule has 9 nitrogen and oxygen atoms in total. The summed E-state index contributed by atoms with van der Waals surface area (Å²) in [4.78, 5) is 39.4. The number of carbonyl (C=O) groups is 3. The average molecular weight is 587 g/mol. The van der Waals surface area contributed by atoms with Gasteiger partial charge in [0.2, 0.25) is 5.91 Å². The molecule has 0 aromatic heterocycles. The van der Waals surface area contributed by atoms with Crippen molar-refractivity contribution in [3.8, 4) is 5.75 Å². The molecular weight excluding hydrogens is 563 g/mol. The summed E-state index contributed by atoms with van der Waals surface area (Å²) in [5.41, 5.74) is 0.636. The number of methoxy groups -OCH3 is 1. The van der Waals surface area contributed by atoms with Crippen molar-refractivity contribution in [2.24, 2.45) is 0 Å². The molecule has 3 aromatic rings. The number of halogens is 2. The summed E-state index contributed by atoms with van der Waals surface area (Å²) in [7, 11) is -3.34. The lowest BCUT2D eigenvalue weighted by Gasteiger charge is -2.27. The van der Waals surface area contributed by atoms with Crippen LogP contribution in [0.5, 0.6) is 5.75 Å². The van der Waals surface area contributed by atoms with Gasteiger partial charge in [0, 0.05) is 22.7 Å². The molecule has 1 atom stereocenters. The number of sulfonamides is 1. The SMILES string of the molecule is COc1ccc(F)cc1C=C1CNC(=O)[C@@H](CC(=O)OCc2ccccc2)N(S(=O)(=O)c2ccc(Cl)cc2)C1=O. The average Bonchev–Trinajstić information content (AvgIpc) is 3.05. The van der Waals surface area contributed by atoms with Crippen LogP contribution in [-0.2, 0) is 35.8 Å². The lowest BCUT2D eigenvalue weighted by Crippen LogP contribution is -2.50. The van der Waals surface area contributed by atoms with Crippen molar-refractivity contribution < 1.29 is 36.7 Å². The first-order chi connectivity index (χ1) is 19.1. The molecular formula is C28H24ClFN2O7S. The van der Waals surface area contributed by atoms with Crippen molar-refractivity contribution in [1.29, 1.82) is 0 Å². The van der Waals surface area contributed by atoms with Gasteiger partial charge in [-0.2, -0.15) is 0 Å². The molecule has 1 N–H and O–H groups in total. The molecule has 12 heteroatoms. The van der Waals surface area contributed by atoms with Gasteiger partial charge in [0.1, 0.15) is 24.2 Å². The number of rotatable bonds is 8. The van der Waals surface area contributed by atoms with Gasteiger partial charge in [0.05, 0.1) is 18.4 Å². The van der Waals surface area contributed by atoms with Gasteiger partial charge in [-0.1, -0.05) is 41.9 Å². The zero-order chi connectivity index (χ0) is 28.9. The highest BCUT2D eigenvalue weighted by Gasteiger charge is 2.44. The summed E-state index contributed by atoms with van der Waals surface area (Å²) < 4.78 is 52.4. The monoisotopic (exact) mass is 586 g/mol. The van der Waals surface area contributed by atoms with Crippen molar-refractivity contribution in [1.82, 2.24) is 9.62 Å². The van der Waals surface area contributed by atoms with E-state index in [0.29, 0.717) is 9.87 Å². The Morgan fingerprint density at radius 1 is 1.10 bits per heavy atom. The normalized spacial score (nSPS) is 16.8. The van der Waals surface area contributed by atoms with Crippen LogP contribution in [-0.4, -0.2) is 50.2 Å². The van der Waals surface area contributed by atoms with Crippen LogP contribution in [0.3, 0.4) is 0 Å². The van der Waals surface area contributed by atoms with E-state index in [0.717, 1.165) is 12.1 Å². The van der Waals surface area contributed by atoms with Crippen LogP contribution in [0, 0.1) is 5.82 Å². The lowest BCUT2D eigenvalue weighted by atomic mass is 10.1. The first-order valence-electron chi connectivity index (χ1n) is 12.0. The van der Waals surface area contributed by atoms with Crippen LogP contribution >= 0.6 is 11.6 Å². The Bertz CT molecular complexity index is 1560. The zero-order valence-corrected chi connectivity index (χ0v) is 22.7. The Kier molecular flexibility index (Phi) is 8.86. The minimum absolute atomic E-state index is 0.115. The molecule has 2 amide bonds. The van der Waals surface area contributed by atoms with Crippen LogP contribution < -0.4 is 10.1 Å². The Hall–Kier alpha value is -4.22. The fraction of sp³-hybridized carbons (Fsp3) is 0.179. The molecule has 0 saturated carbocycles. The van der Waals surface area contributed by atoms with Crippen LogP contribution in [0.1, 0.15) is 17.5 Å². The highest BCUT2D eigenvalue weighted by atomic mass is 35.5. The fourth-order valence-corrected chi connectivity index (χ4v) is 5.69. The predicted molar refractivity (Wildman–Crippen MR) is 144 cm³/mol. The second kappa shape index (κ2) is 12.3. The van der Waals surface area contributed by atoms with Gasteiger partial charge in [-0.05, 0) is 54.1 Å². The second-order valence-electron chi connectivity index (χ2n) is 8.70. The van der Waals surface area contributed by atoms with E-state index in [9.17, 15) is 27.2 Å². The largest absolute Gasteiger partial charge is 0.496 e. The molecule has 1 heterocycles. The van der Waals surface area contributed by atoms with Gasteiger partial charge in [-0.25, -0.2) is 17.1 Å². The van der Waals surface area contributed by atoms with Crippen molar-refractivity contribution in [2.75, 3.05) is 13.7 Å². The summed E-state index contributed by atoms with van der Waals surface area (Å²) in [6.07, 6.45) is 0.485. The molecule has 0 radical (unpaired) electrons. The Morgan fingerprint density at radius 2 is 1.80 bits per heavy atom. The molecule has 3 aromatic carbocycles. The van der Waals surface area contributed by atoms with Gasteiger partial charge in [0.15, 0.2) is 0 Å². The highest BCUT2D eigenvalue weighted by Crippen LogP contribution is 2.28. The molecule has 4 rings (SSSR count). The number of carbonyl (C=O) groups excluding carboxylic acids is 3. The topological polar surface area (TPSA) is 119 Å². The Morgan fingerprint density at radius 3 is 2.48 bits per heavy atom. The molecule has 0 aliphatic carbocycles. The molecule has 1 saturated heterocycles. The van der Waals surface area contributed by atoms with Crippen molar-refractivity contribution >= 4 is 45.5 Å². The standard InChI is InChI=1S/C28H24ClFN2O7S/c1-38-25-12-9-22(30)14-19(25)13-20-16-31-27(34)24(15-26(33)39-17-18-5-3-2-4-6-18)32(28(20)35)40(36,37)23-10-7-21(29)8-11-23/h2-14,24H,15-17H2,1H3,(H,31,34)/t24-/m1/s1. The van der Waals surface area contributed by atoms with Gasteiger partial charge >= 0.3 is 5.97 Å². The van der Waals surface area contributed by atoms with Crippen LogP contribution in [0.15, 0.2) is 83.3 Å². The molecule has 40 heavy (non-hydrogen) atoms. The molecule has 0 bridgehead atoms. The predicted octanol–water partition coefficient (Wildman–Crippen LogP) is 3.72. The highest BCUT2D eigenvalue weighted by molar-refractivity contribution is 7.89. The number of ether oxygens (including phenoxy) is 2. The molecule has 0 spiro atoms. The van der Waals surface area contributed by atoms with Gasteiger partial charge < -0.3 is 14.8 Å². The smallest absolute Gasteiger partial charge is 0.308 e. The van der Waals surface area contributed by atoms with Crippen LogP contribution in [0.25, 0.3) is 6.08 Å². The maximum absolute atomic E-state index is 14.0. The number of benzene rings is 3. The van der Waals surface area contributed by atoms with E-state index in [-0.39, 0.29) is 40.0 Å². The number of hydrogen-bond donors (Lipinski definition) is 1. The number of nitrogens with one attached hydrogen (secondary N) is 1. The third-order valence-corrected chi connectivity index (χ3v) is 8.07. The molecule has 0 unspecified atom stereocenters. The number of esters is 1. The van der Waals surface area contributed by atoms with Crippen LogP contribution in [0.4, 0.5) is 4.39 Å². The Balaban J connectivity index is 1.74. The van der Waals surface area contributed by atoms with E-state index < -0.39 is 46.1 Å². The first kappa shape index (κ1) is 28.8.